The first-order chi connectivity index (χ1) is 18.0. The number of aromatic nitrogens is 1. The zero-order chi connectivity index (χ0) is 26.3. The fourth-order valence-corrected chi connectivity index (χ4v) is 4.92. The van der Waals surface area contributed by atoms with Crippen molar-refractivity contribution in [2.45, 2.75) is 51.4 Å². The van der Waals surface area contributed by atoms with Crippen LogP contribution in [0.3, 0.4) is 0 Å². The van der Waals surface area contributed by atoms with Crippen LogP contribution in [0.1, 0.15) is 56.8 Å². The summed E-state index contributed by atoms with van der Waals surface area (Å²) in [5.41, 5.74) is 2.74. The summed E-state index contributed by atoms with van der Waals surface area (Å²) in [4.78, 5) is 17.7. The molecule has 1 aliphatic rings. The predicted octanol–water partition coefficient (Wildman–Crippen LogP) is 5.65. The smallest absolute Gasteiger partial charge is 0.251 e. The highest BCUT2D eigenvalue weighted by Gasteiger charge is 2.28. The van der Waals surface area contributed by atoms with Gasteiger partial charge < -0.3 is 14.6 Å². The van der Waals surface area contributed by atoms with Crippen molar-refractivity contribution in [3.63, 3.8) is 0 Å². The van der Waals surface area contributed by atoms with E-state index in [4.69, 9.17) is 4.74 Å². The maximum atomic E-state index is 12.3. The lowest BCUT2D eigenvalue weighted by Crippen LogP contribution is -2.27. The van der Waals surface area contributed by atoms with Gasteiger partial charge in [0.2, 0.25) is 0 Å². The van der Waals surface area contributed by atoms with Crippen LogP contribution in [0.15, 0.2) is 59.4 Å². The number of rotatable bonds is 9. The second-order valence-electron chi connectivity index (χ2n) is 9.93. The van der Waals surface area contributed by atoms with Crippen LogP contribution in [0, 0.1) is 22.7 Å². The summed E-state index contributed by atoms with van der Waals surface area (Å²) in [6, 6.07) is 18.0. The minimum absolute atomic E-state index is 0. The molecule has 3 aromatic rings. The Labute approximate surface area is 220 Å². The van der Waals surface area contributed by atoms with Crippen LogP contribution in [-0.2, 0) is 18.3 Å². The van der Waals surface area contributed by atoms with Gasteiger partial charge in [-0.3, -0.25) is 4.79 Å². The Balaban J connectivity index is 0.00000400. The standard InChI is InChI=1S/C31H34N4O2.H2/c1-3-24-18-25-10-11-27(19-28(25)34-30(24)36)31(2,22-33)20-23-9-12-29(26(17-23)21-32)37-16-8-15-35-13-6-4-5-7-14-35;/h4-5,9-12,17-19H,3,6-8,13-16,20H2,1-2H3,(H,34,36);1H. The van der Waals surface area contributed by atoms with Gasteiger partial charge in [0.05, 0.1) is 23.7 Å². The molecule has 37 heavy (non-hydrogen) atoms. The van der Waals surface area contributed by atoms with Gasteiger partial charge in [0.15, 0.2) is 0 Å². The van der Waals surface area contributed by atoms with E-state index in [1.807, 2.05) is 56.3 Å². The highest BCUT2D eigenvalue weighted by molar-refractivity contribution is 5.80. The average molecular weight is 497 g/mol. The van der Waals surface area contributed by atoms with Crippen LogP contribution in [0.4, 0.5) is 0 Å². The molecule has 4 rings (SSSR count). The number of fused-ring (bicyclic) bond motifs is 1. The SMILES string of the molecule is CCc1cc2ccc(C(C)(C#N)Cc3ccc(OCCCN4CCC=CCC4)c(C#N)c3)cc2[nH]c1=O.[HH]. The van der Waals surface area contributed by atoms with Gasteiger partial charge in [0, 0.05) is 32.1 Å². The zero-order valence-corrected chi connectivity index (χ0v) is 21.7. The van der Waals surface area contributed by atoms with Crippen molar-refractivity contribution in [2.24, 2.45) is 0 Å². The molecule has 0 aliphatic carbocycles. The average Bonchev–Trinajstić information content (AvgIpc) is 3.19. The maximum absolute atomic E-state index is 12.3. The van der Waals surface area contributed by atoms with Crippen molar-refractivity contribution in [3.8, 4) is 17.9 Å². The topological polar surface area (TPSA) is 92.9 Å². The van der Waals surface area contributed by atoms with Gasteiger partial charge in [-0.1, -0.05) is 37.3 Å². The molecular formula is C31H36N4O2. The van der Waals surface area contributed by atoms with Crippen molar-refractivity contribution in [2.75, 3.05) is 26.2 Å². The lowest BCUT2D eigenvalue weighted by atomic mass is 9.78. The monoisotopic (exact) mass is 496 g/mol. The normalized spacial score (nSPS) is 15.5. The summed E-state index contributed by atoms with van der Waals surface area (Å²) in [6.45, 7) is 7.56. The Morgan fingerprint density at radius 2 is 1.89 bits per heavy atom. The number of hydrogen-bond acceptors (Lipinski definition) is 5. The van der Waals surface area contributed by atoms with E-state index < -0.39 is 5.41 Å². The summed E-state index contributed by atoms with van der Waals surface area (Å²) < 4.78 is 5.96. The summed E-state index contributed by atoms with van der Waals surface area (Å²) in [6.07, 6.45) is 8.70. The zero-order valence-electron chi connectivity index (χ0n) is 21.7. The number of pyridine rings is 1. The van der Waals surface area contributed by atoms with Gasteiger partial charge in [-0.15, -0.1) is 0 Å². The Hall–Kier alpha value is -3.87. The Morgan fingerprint density at radius 3 is 2.59 bits per heavy atom. The van der Waals surface area contributed by atoms with Gasteiger partial charge in [-0.25, -0.2) is 0 Å². The molecule has 1 unspecified atom stereocenters. The largest absolute Gasteiger partial charge is 0.492 e. The first-order valence-electron chi connectivity index (χ1n) is 13.1. The number of nitriles is 2. The van der Waals surface area contributed by atoms with Gasteiger partial charge in [-0.2, -0.15) is 10.5 Å². The van der Waals surface area contributed by atoms with Crippen LogP contribution < -0.4 is 10.3 Å². The molecule has 1 atom stereocenters. The first-order valence-corrected chi connectivity index (χ1v) is 13.1. The molecule has 0 bridgehead atoms. The summed E-state index contributed by atoms with van der Waals surface area (Å²) >= 11 is 0. The third-order valence-electron chi connectivity index (χ3n) is 7.18. The predicted molar refractivity (Wildman–Crippen MR) is 149 cm³/mol. The van der Waals surface area contributed by atoms with Gasteiger partial charge in [-0.05, 0) is 79.8 Å². The van der Waals surface area contributed by atoms with E-state index in [1.165, 1.54) is 0 Å². The third kappa shape index (κ3) is 6.28. The number of benzene rings is 2. The Kier molecular flexibility index (Phi) is 8.43. The highest BCUT2D eigenvalue weighted by Crippen LogP contribution is 2.31. The Morgan fingerprint density at radius 1 is 1.11 bits per heavy atom. The number of H-pyrrole nitrogens is 1. The van der Waals surface area contributed by atoms with E-state index in [0.29, 0.717) is 30.8 Å². The summed E-state index contributed by atoms with van der Waals surface area (Å²) in [7, 11) is 0. The van der Waals surface area contributed by atoms with Gasteiger partial charge >= 0.3 is 0 Å². The van der Waals surface area contributed by atoms with E-state index in [9.17, 15) is 15.3 Å². The van der Waals surface area contributed by atoms with E-state index >= 15 is 0 Å². The molecule has 1 N–H and O–H groups in total. The molecule has 0 saturated heterocycles. The molecule has 0 saturated carbocycles. The molecule has 192 valence electrons. The molecule has 2 aromatic carbocycles. The molecule has 6 nitrogen and oxygen atoms in total. The highest BCUT2D eigenvalue weighted by atomic mass is 16.5. The van der Waals surface area contributed by atoms with Crippen LogP contribution in [0.25, 0.3) is 10.9 Å². The lowest BCUT2D eigenvalue weighted by Gasteiger charge is -2.23. The number of nitrogens with one attached hydrogen (secondary N) is 1. The number of aromatic amines is 1. The minimum atomic E-state index is -0.828. The molecule has 1 aromatic heterocycles. The molecule has 1 aliphatic heterocycles. The lowest BCUT2D eigenvalue weighted by molar-refractivity contribution is 0.241. The third-order valence-corrected chi connectivity index (χ3v) is 7.18. The van der Waals surface area contributed by atoms with Crippen molar-refractivity contribution >= 4 is 10.9 Å². The Bertz CT molecular complexity index is 1420. The van der Waals surface area contributed by atoms with Crippen LogP contribution >= 0.6 is 0 Å². The van der Waals surface area contributed by atoms with Crippen molar-refractivity contribution in [1.29, 1.82) is 10.5 Å². The molecule has 0 amide bonds. The number of hydrogen-bond donors (Lipinski definition) is 1. The van der Waals surface area contributed by atoms with Crippen molar-refractivity contribution in [1.82, 2.24) is 9.88 Å². The van der Waals surface area contributed by atoms with Crippen molar-refractivity contribution < 1.29 is 6.16 Å². The number of ether oxygens (including phenoxy) is 1. The molecule has 0 fully saturated rings. The molecule has 2 heterocycles. The van der Waals surface area contributed by atoms with Crippen LogP contribution in [0.5, 0.6) is 5.75 Å². The number of aryl methyl sites for hydroxylation is 1. The fourth-order valence-electron chi connectivity index (χ4n) is 4.92. The van der Waals surface area contributed by atoms with Gasteiger partial charge in [0.1, 0.15) is 11.8 Å². The minimum Gasteiger partial charge on any atom is -0.492 e. The molecule has 6 heteroatoms. The number of nitrogens with zero attached hydrogens (tertiary/aromatic N) is 3. The van der Waals surface area contributed by atoms with Crippen LogP contribution in [0.2, 0.25) is 0 Å². The second-order valence-corrected chi connectivity index (χ2v) is 9.93. The fraction of sp³-hybridized carbons (Fsp3) is 0.387. The molecule has 0 spiro atoms. The van der Waals surface area contributed by atoms with E-state index in [1.54, 1.807) is 0 Å². The second kappa shape index (κ2) is 11.9. The first kappa shape index (κ1) is 26.2. The molecule has 0 radical (unpaired) electrons. The van der Waals surface area contributed by atoms with E-state index in [2.05, 4.69) is 34.2 Å². The van der Waals surface area contributed by atoms with E-state index in [0.717, 1.165) is 66.5 Å². The summed E-state index contributed by atoms with van der Waals surface area (Å²) in [5, 5.41) is 20.8. The maximum Gasteiger partial charge on any atom is 0.251 e. The quantitative estimate of drug-likeness (QED) is 0.305. The van der Waals surface area contributed by atoms with Gasteiger partial charge in [0.25, 0.3) is 5.56 Å². The van der Waals surface area contributed by atoms with Crippen LogP contribution in [-0.4, -0.2) is 36.1 Å². The molecular weight excluding hydrogens is 460 g/mol. The summed E-state index contributed by atoms with van der Waals surface area (Å²) in [5.74, 6) is 0.581. The van der Waals surface area contributed by atoms with E-state index in [-0.39, 0.29) is 6.99 Å². The van der Waals surface area contributed by atoms with Crippen molar-refractivity contribution in [3.05, 3.63) is 87.2 Å².